The quantitative estimate of drug-likeness (QED) is 0.0321. The van der Waals surface area contributed by atoms with Gasteiger partial charge in [-0.2, -0.15) is 0 Å². The monoisotopic (exact) mass is 914 g/mol. The van der Waals surface area contributed by atoms with Gasteiger partial charge in [-0.15, -0.1) is 0 Å². The summed E-state index contributed by atoms with van der Waals surface area (Å²) in [5.74, 6) is -0.473. The summed E-state index contributed by atoms with van der Waals surface area (Å²) < 4.78 is 5.96. The van der Waals surface area contributed by atoms with Crippen LogP contribution in [0, 0.1) is 0 Å². The van der Waals surface area contributed by atoms with Crippen LogP contribution in [0.25, 0.3) is 0 Å². The lowest BCUT2D eigenvalue weighted by molar-refractivity contribution is -0.151. The molecule has 65 heavy (non-hydrogen) atoms. The number of rotatable bonds is 52. The van der Waals surface area contributed by atoms with E-state index in [9.17, 15) is 19.8 Å². The Morgan fingerprint density at radius 1 is 0.446 bits per heavy atom. The fraction of sp³-hybridized carbons (Fsp3) is 0.864. The summed E-state index contributed by atoms with van der Waals surface area (Å²) >= 11 is 0. The Balaban J connectivity index is 4.57. The van der Waals surface area contributed by atoms with Gasteiger partial charge in [0.1, 0.15) is 6.10 Å². The van der Waals surface area contributed by atoms with Gasteiger partial charge in [0, 0.05) is 6.42 Å². The molecular formula is C59H111NO5. The summed E-state index contributed by atoms with van der Waals surface area (Å²) in [4.78, 5) is 26.3. The Bertz CT molecular complexity index is 1070. The van der Waals surface area contributed by atoms with Crippen LogP contribution in [0.4, 0.5) is 0 Å². The van der Waals surface area contributed by atoms with Gasteiger partial charge in [0.15, 0.2) is 0 Å². The first kappa shape index (κ1) is 63.1. The summed E-state index contributed by atoms with van der Waals surface area (Å²) in [5, 5.41) is 23.8. The van der Waals surface area contributed by atoms with Crippen molar-refractivity contribution in [3.8, 4) is 0 Å². The number of ether oxygens (including phenoxy) is 1. The summed E-state index contributed by atoms with van der Waals surface area (Å²) in [6.45, 7) is 6.48. The predicted molar refractivity (Wildman–Crippen MR) is 282 cm³/mol. The number of esters is 1. The maximum absolute atomic E-state index is 13.3. The van der Waals surface area contributed by atoms with Crippen LogP contribution >= 0.6 is 0 Å². The molecule has 3 atom stereocenters. The lowest BCUT2D eigenvalue weighted by Gasteiger charge is -2.24. The van der Waals surface area contributed by atoms with E-state index in [2.05, 4.69) is 62.5 Å². The van der Waals surface area contributed by atoms with Gasteiger partial charge in [-0.1, -0.05) is 243 Å². The van der Waals surface area contributed by atoms with Crippen molar-refractivity contribution in [3.63, 3.8) is 0 Å². The molecule has 0 saturated carbocycles. The van der Waals surface area contributed by atoms with E-state index in [0.29, 0.717) is 19.3 Å². The highest BCUT2D eigenvalue weighted by atomic mass is 16.5. The van der Waals surface area contributed by atoms with E-state index in [-0.39, 0.29) is 24.9 Å². The van der Waals surface area contributed by atoms with E-state index in [4.69, 9.17) is 4.74 Å². The molecule has 0 aromatic rings. The van der Waals surface area contributed by atoms with E-state index in [1.54, 1.807) is 0 Å². The molecule has 0 aromatic carbocycles. The van der Waals surface area contributed by atoms with Crippen molar-refractivity contribution in [3.05, 3.63) is 36.5 Å². The largest absolute Gasteiger partial charge is 0.462 e. The van der Waals surface area contributed by atoms with Crippen molar-refractivity contribution < 1.29 is 24.5 Å². The second-order valence-corrected chi connectivity index (χ2v) is 19.7. The van der Waals surface area contributed by atoms with Crippen LogP contribution in [0.5, 0.6) is 0 Å². The van der Waals surface area contributed by atoms with E-state index in [1.807, 2.05) is 0 Å². The van der Waals surface area contributed by atoms with Crippen molar-refractivity contribution in [2.24, 2.45) is 0 Å². The van der Waals surface area contributed by atoms with E-state index >= 15 is 0 Å². The van der Waals surface area contributed by atoms with E-state index < -0.39 is 18.2 Å². The Hall–Kier alpha value is -1.92. The first-order valence-corrected chi connectivity index (χ1v) is 28.7. The zero-order valence-corrected chi connectivity index (χ0v) is 43.6. The smallest absolute Gasteiger partial charge is 0.306 e. The molecule has 3 unspecified atom stereocenters. The van der Waals surface area contributed by atoms with Crippen molar-refractivity contribution in [2.45, 2.75) is 322 Å². The third kappa shape index (κ3) is 48.3. The van der Waals surface area contributed by atoms with Gasteiger partial charge in [0.25, 0.3) is 0 Å². The Kier molecular flexibility index (Phi) is 51.5. The Morgan fingerprint density at radius 2 is 0.785 bits per heavy atom. The Morgan fingerprint density at radius 3 is 1.22 bits per heavy atom. The molecule has 0 heterocycles. The van der Waals surface area contributed by atoms with Gasteiger partial charge in [0.05, 0.1) is 25.2 Å². The summed E-state index contributed by atoms with van der Waals surface area (Å²) in [7, 11) is 0. The number of allylic oxidation sites excluding steroid dienone is 6. The van der Waals surface area contributed by atoms with Crippen molar-refractivity contribution in [1.29, 1.82) is 0 Å². The fourth-order valence-corrected chi connectivity index (χ4v) is 8.81. The van der Waals surface area contributed by atoms with Crippen LogP contribution in [-0.4, -0.2) is 46.9 Å². The average Bonchev–Trinajstić information content (AvgIpc) is 3.30. The lowest BCUT2D eigenvalue weighted by atomic mass is 10.0. The van der Waals surface area contributed by atoms with Crippen LogP contribution < -0.4 is 5.32 Å². The number of amides is 1. The molecule has 0 spiro atoms. The van der Waals surface area contributed by atoms with Crippen LogP contribution in [0.1, 0.15) is 303 Å². The number of aliphatic hydroxyl groups excluding tert-OH is 2. The molecule has 0 aliphatic carbocycles. The van der Waals surface area contributed by atoms with Gasteiger partial charge < -0.3 is 20.3 Å². The summed E-state index contributed by atoms with van der Waals surface area (Å²) in [6, 6.07) is -0.703. The minimum absolute atomic E-state index is 0.0734. The minimum Gasteiger partial charge on any atom is -0.462 e. The second kappa shape index (κ2) is 53.0. The Labute approximate surface area is 404 Å². The number of carbonyl (C=O) groups excluding carboxylic acids is 2. The van der Waals surface area contributed by atoms with E-state index in [1.165, 1.54) is 193 Å². The van der Waals surface area contributed by atoms with Crippen LogP contribution in [0.3, 0.4) is 0 Å². The summed E-state index contributed by atoms with van der Waals surface area (Å²) in [5.41, 5.74) is 0. The van der Waals surface area contributed by atoms with Gasteiger partial charge in [0.2, 0.25) is 5.91 Å². The molecule has 3 N–H and O–H groups in total. The predicted octanol–water partition coefficient (Wildman–Crippen LogP) is 17.6. The van der Waals surface area contributed by atoms with Gasteiger partial charge in [-0.25, -0.2) is 0 Å². The number of hydrogen-bond donors (Lipinski definition) is 3. The van der Waals surface area contributed by atoms with Crippen molar-refractivity contribution in [2.75, 3.05) is 6.61 Å². The first-order valence-electron chi connectivity index (χ1n) is 28.7. The number of carbonyl (C=O) groups is 2. The molecule has 0 saturated heterocycles. The number of unbranched alkanes of at least 4 members (excludes halogenated alkanes) is 34. The molecule has 1 amide bonds. The fourth-order valence-electron chi connectivity index (χ4n) is 8.81. The number of aliphatic hydroxyl groups is 2. The molecule has 0 rings (SSSR count). The molecule has 0 aliphatic rings. The third-order valence-electron chi connectivity index (χ3n) is 13.2. The SMILES string of the molecule is CCCCC/C=C\C/C=C\CCCCCCCCCC(CC(=O)NC(CO)C(O)CCCCCCCCCCCCCC)OC(=O)CCCCCCCCC/C=C/CCCCCCCC. The zero-order valence-electron chi connectivity index (χ0n) is 43.6. The highest BCUT2D eigenvalue weighted by molar-refractivity contribution is 5.77. The maximum atomic E-state index is 13.3. The highest BCUT2D eigenvalue weighted by Gasteiger charge is 2.24. The average molecular weight is 915 g/mol. The first-order chi connectivity index (χ1) is 32.0. The second-order valence-electron chi connectivity index (χ2n) is 19.7. The summed E-state index contributed by atoms with van der Waals surface area (Å²) in [6.07, 6.45) is 63.5. The van der Waals surface area contributed by atoms with Gasteiger partial charge in [-0.05, 0) is 83.5 Å². The number of hydrogen-bond acceptors (Lipinski definition) is 5. The molecule has 0 bridgehead atoms. The van der Waals surface area contributed by atoms with Crippen LogP contribution in [0.15, 0.2) is 36.5 Å². The minimum atomic E-state index is -0.789. The topological polar surface area (TPSA) is 95.9 Å². The maximum Gasteiger partial charge on any atom is 0.306 e. The van der Waals surface area contributed by atoms with Crippen molar-refractivity contribution >= 4 is 11.9 Å². The standard InChI is InChI=1S/C59H111NO5/c1-4-7-10-13-16-19-22-25-27-29-31-33-35-38-41-44-47-50-55(65-59(64)52-49-46-43-40-37-34-32-30-28-26-23-20-17-14-11-8-5-2)53-58(63)60-56(54-61)57(62)51-48-45-42-39-36-24-21-18-15-12-9-6-3/h16,19,25-28,55-57,61-62H,4-15,17-18,20-24,29-54H2,1-3H3,(H,60,63)/b19-16-,27-25-,28-26+. The molecule has 0 fully saturated rings. The molecule has 0 aromatic heterocycles. The molecule has 382 valence electrons. The van der Waals surface area contributed by atoms with Gasteiger partial charge >= 0.3 is 5.97 Å². The van der Waals surface area contributed by atoms with Crippen LogP contribution in [-0.2, 0) is 14.3 Å². The highest BCUT2D eigenvalue weighted by Crippen LogP contribution is 2.18. The number of nitrogens with one attached hydrogen (secondary N) is 1. The zero-order chi connectivity index (χ0) is 47.4. The molecule has 6 nitrogen and oxygen atoms in total. The molecule has 0 aliphatic heterocycles. The van der Waals surface area contributed by atoms with Gasteiger partial charge in [-0.3, -0.25) is 9.59 Å². The molecular weight excluding hydrogens is 803 g/mol. The molecule has 0 radical (unpaired) electrons. The normalized spacial score (nSPS) is 13.4. The molecule has 6 heteroatoms. The third-order valence-corrected chi connectivity index (χ3v) is 13.2. The van der Waals surface area contributed by atoms with E-state index in [0.717, 1.165) is 64.2 Å². The van der Waals surface area contributed by atoms with Crippen molar-refractivity contribution in [1.82, 2.24) is 5.32 Å². The van der Waals surface area contributed by atoms with Crippen LogP contribution in [0.2, 0.25) is 0 Å². The lowest BCUT2D eigenvalue weighted by Crippen LogP contribution is -2.46.